The average Bonchev–Trinajstić information content (AvgIpc) is 2.27. The van der Waals surface area contributed by atoms with Crippen molar-refractivity contribution in [2.75, 3.05) is 11.9 Å². The third-order valence-corrected chi connectivity index (χ3v) is 2.12. The fourth-order valence-electron chi connectivity index (χ4n) is 1.11. The summed E-state index contributed by atoms with van der Waals surface area (Å²) in [6.45, 7) is 4.20. The SMILES string of the molecule is CC(C)COC(=O)Nc1cc(Cl)ccc1C#N. The average molecular weight is 253 g/mol. The summed E-state index contributed by atoms with van der Waals surface area (Å²) in [5.74, 6) is 0.260. The molecule has 0 spiro atoms. The third-order valence-electron chi connectivity index (χ3n) is 1.89. The molecule has 1 N–H and O–H groups in total. The molecule has 0 saturated heterocycles. The van der Waals surface area contributed by atoms with Crippen molar-refractivity contribution in [3.8, 4) is 6.07 Å². The fourth-order valence-corrected chi connectivity index (χ4v) is 1.28. The Morgan fingerprint density at radius 2 is 2.29 bits per heavy atom. The maximum atomic E-state index is 11.4. The molecular weight excluding hydrogens is 240 g/mol. The van der Waals surface area contributed by atoms with Crippen LogP contribution in [0.4, 0.5) is 10.5 Å². The lowest BCUT2D eigenvalue weighted by Gasteiger charge is -2.09. The van der Waals surface area contributed by atoms with Gasteiger partial charge in [0, 0.05) is 5.02 Å². The second kappa shape index (κ2) is 6.12. The highest BCUT2D eigenvalue weighted by Crippen LogP contribution is 2.20. The molecule has 0 atom stereocenters. The smallest absolute Gasteiger partial charge is 0.411 e. The zero-order valence-electron chi connectivity index (χ0n) is 9.66. The number of nitriles is 1. The van der Waals surface area contributed by atoms with E-state index >= 15 is 0 Å². The van der Waals surface area contributed by atoms with E-state index in [4.69, 9.17) is 21.6 Å². The molecule has 4 nitrogen and oxygen atoms in total. The van der Waals surface area contributed by atoms with Crippen molar-refractivity contribution in [3.63, 3.8) is 0 Å². The van der Waals surface area contributed by atoms with E-state index in [1.165, 1.54) is 6.07 Å². The highest BCUT2D eigenvalue weighted by molar-refractivity contribution is 6.31. The molecule has 0 fully saturated rings. The van der Waals surface area contributed by atoms with Crippen LogP contribution in [0, 0.1) is 17.2 Å². The predicted octanol–water partition coefficient (Wildman–Crippen LogP) is 3.42. The van der Waals surface area contributed by atoms with Gasteiger partial charge in [0.1, 0.15) is 6.07 Å². The van der Waals surface area contributed by atoms with E-state index in [2.05, 4.69) is 5.32 Å². The number of hydrogen-bond acceptors (Lipinski definition) is 3. The molecule has 0 bridgehead atoms. The van der Waals surface area contributed by atoms with Gasteiger partial charge in [0.25, 0.3) is 0 Å². The lowest BCUT2D eigenvalue weighted by Crippen LogP contribution is -2.17. The number of carbonyl (C=O) groups excluding carboxylic acids is 1. The Balaban J connectivity index is 2.71. The lowest BCUT2D eigenvalue weighted by atomic mass is 10.2. The number of nitrogens with one attached hydrogen (secondary N) is 1. The van der Waals surface area contributed by atoms with Crippen LogP contribution >= 0.6 is 11.6 Å². The van der Waals surface area contributed by atoms with E-state index in [0.717, 1.165) is 0 Å². The number of hydrogen-bond donors (Lipinski definition) is 1. The van der Waals surface area contributed by atoms with Crippen molar-refractivity contribution < 1.29 is 9.53 Å². The maximum absolute atomic E-state index is 11.4. The molecule has 0 aliphatic heterocycles. The molecule has 1 aromatic carbocycles. The van der Waals surface area contributed by atoms with Crippen LogP contribution in [-0.2, 0) is 4.74 Å². The molecule has 90 valence electrons. The molecule has 0 unspecified atom stereocenters. The van der Waals surface area contributed by atoms with Crippen LogP contribution in [0.2, 0.25) is 5.02 Å². The minimum Gasteiger partial charge on any atom is -0.449 e. The normalized spacial score (nSPS) is 9.82. The van der Waals surface area contributed by atoms with Gasteiger partial charge in [-0.25, -0.2) is 4.79 Å². The topological polar surface area (TPSA) is 62.1 Å². The van der Waals surface area contributed by atoms with Crippen LogP contribution in [0.1, 0.15) is 19.4 Å². The van der Waals surface area contributed by atoms with E-state index in [9.17, 15) is 4.79 Å². The Bertz CT molecular complexity index is 452. The summed E-state index contributed by atoms with van der Waals surface area (Å²) < 4.78 is 4.94. The zero-order chi connectivity index (χ0) is 12.8. The van der Waals surface area contributed by atoms with E-state index in [1.807, 2.05) is 19.9 Å². The summed E-state index contributed by atoms with van der Waals surface area (Å²) in [5.41, 5.74) is 0.699. The molecule has 0 radical (unpaired) electrons. The number of nitrogens with zero attached hydrogens (tertiary/aromatic N) is 1. The van der Waals surface area contributed by atoms with Gasteiger partial charge in [-0.2, -0.15) is 5.26 Å². The summed E-state index contributed by atoms with van der Waals surface area (Å²) in [4.78, 5) is 11.4. The fraction of sp³-hybridized carbons (Fsp3) is 0.333. The highest BCUT2D eigenvalue weighted by atomic mass is 35.5. The molecular formula is C12H13ClN2O2. The van der Waals surface area contributed by atoms with Gasteiger partial charge in [-0.05, 0) is 24.1 Å². The molecule has 1 rings (SSSR count). The monoisotopic (exact) mass is 252 g/mol. The molecule has 1 aromatic rings. The number of carbonyl (C=O) groups is 1. The van der Waals surface area contributed by atoms with Crippen molar-refractivity contribution >= 4 is 23.4 Å². The molecule has 0 heterocycles. The van der Waals surface area contributed by atoms with E-state index in [0.29, 0.717) is 22.9 Å². The second-order valence-corrected chi connectivity index (χ2v) is 4.36. The first kappa shape index (κ1) is 13.3. The van der Waals surface area contributed by atoms with E-state index in [-0.39, 0.29) is 5.92 Å². The van der Waals surface area contributed by atoms with Gasteiger partial charge in [-0.3, -0.25) is 5.32 Å². The lowest BCUT2D eigenvalue weighted by molar-refractivity contribution is 0.147. The summed E-state index contributed by atoms with van der Waals surface area (Å²) in [6, 6.07) is 6.60. The summed E-state index contributed by atoms with van der Waals surface area (Å²) in [6.07, 6.45) is -0.586. The first-order valence-corrected chi connectivity index (χ1v) is 5.54. The van der Waals surface area contributed by atoms with Gasteiger partial charge >= 0.3 is 6.09 Å². The molecule has 0 aromatic heterocycles. The Hall–Kier alpha value is -1.73. The predicted molar refractivity (Wildman–Crippen MR) is 66.0 cm³/mol. The Morgan fingerprint density at radius 3 is 2.88 bits per heavy atom. The van der Waals surface area contributed by atoms with Crippen LogP contribution in [0.25, 0.3) is 0 Å². The number of benzene rings is 1. The largest absolute Gasteiger partial charge is 0.449 e. The molecule has 1 amide bonds. The van der Waals surface area contributed by atoms with E-state index in [1.54, 1.807) is 12.1 Å². The van der Waals surface area contributed by atoms with Crippen molar-refractivity contribution in [2.24, 2.45) is 5.92 Å². The first-order valence-electron chi connectivity index (χ1n) is 5.16. The van der Waals surface area contributed by atoms with Gasteiger partial charge in [0.05, 0.1) is 17.9 Å². The molecule has 17 heavy (non-hydrogen) atoms. The molecule has 0 saturated carbocycles. The Morgan fingerprint density at radius 1 is 1.59 bits per heavy atom. The number of halogens is 1. The number of ether oxygens (including phenoxy) is 1. The number of rotatable bonds is 3. The number of amides is 1. The zero-order valence-corrected chi connectivity index (χ0v) is 10.4. The summed E-state index contributed by atoms with van der Waals surface area (Å²) >= 11 is 5.78. The molecule has 5 heteroatoms. The maximum Gasteiger partial charge on any atom is 0.411 e. The van der Waals surface area contributed by atoms with Crippen molar-refractivity contribution in [2.45, 2.75) is 13.8 Å². The summed E-state index contributed by atoms with van der Waals surface area (Å²) in [7, 11) is 0. The van der Waals surface area contributed by atoms with Crippen LogP contribution in [0.15, 0.2) is 18.2 Å². The highest BCUT2D eigenvalue weighted by Gasteiger charge is 2.08. The number of anilines is 1. The van der Waals surface area contributed by atoms with Gasteiger partial charge in [-0.1, -0.05) is 25.4 Å². The van der Waals surface area contributed by atoms with Gasteiger partial charge in [-0.15, -0.1) is 0 Å². The molecule has 0 aliphatic carbocycles. The Labute approximate surface area is 105 Å². The minimum absolute atomic E-state index is 0.260. The van der Waals surface area contributed by atoms with Crippen LogP contribution in [-0.4, -0.2) is 12.7 Å². The van der Waals surface area contributed by atoms with Gasteiger partial charge in [0.2, 0.25) is 0 Å². The van der Waals surface area contributed by atoms with E-state index < -0.39 is 6.09 Å². The van der Waals surface area contributed by atoms with Crippen LogP contribution in [0.5, 0.6) is 0 Å². The van der Waals surface area contributed by atoms with Crippen molar-refractivity contribution in [1.82, 2.24) is 0 Å². The second-order valence-electron chi connectivity index (χ2n) is 3.92. The quantitative estimate of drug-likeness (QED) is 0.897. The van der Waals surface area contributed by atoms with Gasteiger partial charge < -0.3 is 4.74 Å². The minimum atomic E-state index is -0.586. The van der Waals surface area contributed by atoms with Crippen LogP contribution < -0.4 is 5.32 Å². The van der Waals surface area contributed by atoms with Gasteiger partial charge in [0.15, 0.2) is 0 Å². The first-order chi connectivity index (χ1) is 8.02. The summed E-state index contributed by atoms with van der Waals surface area (Å²) in [5, 5.41) is 11.8. The van der Waals surface area contributed by atoms with Crippen LogP contribution in [0.3, 0.4) is 0 Å². The van der Waals surface area contributed by atoms with Crippen molar-refractivity contribution in [1.29, 1.82) is 5.26 Å². The third kappa shape index (κ3) is 4.33. The Kier molecular flexibility index (Phi) is 4.80. The van der Waals surface area contributed by atoms with Crippen molar-refractivity contribution in [3.05, 3.63) is 28.8 Å². The standard InChI is InChI=1S/C12H13ClN2O2/c1-8(2)7-17-12(16)15-11-5-10(13)4-3-9(11)6-14/h3-5,8H,7H2,1-2H3,(H,15,16). The molecule has 0 aliphatic rings.